The Bertz CT molecular complexity index is 450. The largest absolute Gasteiger partial charge is 0.375 e. The van der Waals surface area contributed by atoms with Gasteiger partial charge in [-0.05, 0) is 51.3 Å². The molecular weight excluding hydrogens is 265 g/mol. The number of halogens is 2. The van der Waals surface area contributed by atoms with Gasteiger partial charge in [0.2, 0.25) is 0 Å². The zero-order valence-corrected chi connectivity index (χ0v) is 12.4. The predicted molar refractivity (Wildman–Crippen MR) is 76.0 cm³/mol. The van der Waals surface area contributed by atoms with Gasteiger partial charge in [-0.2, -0.15) is 0 Å². The third-order valence-corrected chi connectivity index (χ3v) is 3.92. The highest BCUT2D eigenvalue weighted by Gasteiger charge is 2.29. The summed E-state index contributed by atoms with van der Waals surface area (Å²) in [6, 6.07) is 5.46. The molecule has 0 aliphatic carbocycles. The van der Waals surface area contributed by atoms with E-state index in [1.54, 1.807) is 12.1 Å². The minimum Gasteiger partial charge on any atom is -0.375 e. The Kier molecular flexibility index (Phi) is 4.49. The first-order chi connectivity index (χ1) is 8.87. The lowest BCUT2D eigenvalue weighted by atomic mass is 9.93. The van der Waals surface area contributed by atoms with Crippen molar-refractivity contribution >= 4 is 11.6 Å². The van der Waals surface area contributed by atoms with Gasteiger partial charge < -0.3 is 10.1 Å². The van der Waals surface area contributed by atoms with E-state index in [9.17, 15) is 4.39 Å². The van der Waals surface area contributed by atoms with E-state index in [0.717, 1.165) is 25.0 Å². The Labute approximate surface area is 119 Å². The molecule has 1 heterocycles. The van der Waals surface area contributed by atoms with Crippen molar-refractivity contribution < 1.29 is 9.13 Å². The van der Waals surface area contributed by atoms with Gasteiger partial charge in [0.1, 0.15) is 5.82 Å². The number of rotatable bonds is 3. The van der Waals surface area contributed by atoms with E-state index >= 15 is 0 Å². The molecule has 4 heteroatoms. The fraction of sp³-hybridized carbons (Fsp3) is 0.600. The highest BCUT2D eigenvalue weighted by Crippen LogP contribution is 2.27. The molecule has 1 aliphatic heterocycles. The van der Waals surface area contributed by atoms with Gasteiger partial charge in [-0.1, -0.05) is 17.7 Å². The van der Waals surface area contributed by atoms with Crippen molar-refractivity contribution in [2.24, 2.45) is 0 Å². The molecule has 1 N–H and O–H groups in total. The van der Waals surface area contributed by atoms with Gasteiger partial charge in [0.25, 0.3) is 0 Å². The second-order valence-corrected chi connectivity index (χ2v) is 6.27. The van der Waals surface area contributed by atoms with Crippen LogP contribution in [0, 0.1) is 5.82 Å². The summed E-state index contributed by atoms with van der Waals surface area (Å²) in [4.78, 5) is 0. The summed E-state index contributed by atoms with van der Waals surface area (Å²) >= 11 is 5.82. The van der Waals surface area contributed by atoms with Crippen molar-refractivity contribution in [2.75, 3.05) is 6.61 Å². The molecule has 0 saturated carbocycles. The monoisotopic (exact) mass is 285 g/mol. The molecule has 2 nitrogen and oxygen atoms in total. The molecular formula is C15H21ClFNO. The minimum absolute atomic E-state index is 0.0733. The molecule has 19 heavy (non-hydrogen) atoms. The van der Waals surface area contributed by atoms with Crippen molar-refractivity contribution in [1.29, 1.82) is 0 Å². The van der Waals surface area contributed by atoms with Crippen molar-refractivity contribution in [3.63, 3.8) is 0 Å². The third-order valence-electron chi connectivity index (χ3n) is 3.63. The summed E-state index contributed by atoms with van der Waals surface area (Å²) in [6.07, 6.45) is 1.98. The first-order valence-corrected chi connectivity index (χ1v) is 7.10. The van der Waals surface area contributed by atoms with Crippen molar-refractivity contribution in [1.82, 2.24) is 5.32 Å². The maximum absolute atomic E-state index is 13.2. The summed E-state index contributed by atoms with van der Waals surface area (Å²) in [5.74, 6) is -0.371. The van der Waals surface area contributed by atoms with Crippen LogP contribution in [0.3, 0.4) is 0 Å². The lowest BCUT2D eigenvalue weighted by molar-refractivity contribution is -0.0639. The van der Waals surface area contributed by atoms with Crippen LogP contribution in [0.4, 0.5) is 4.39 Å². The van der Waals surface area contributed by atoms with E-state index < -0.39 is 0 Å². The van der Waals surface area contributed by atoms with E-state index in [1.165, 1.54) is 6.07 Å². The standard InChI is InChI=1S/C15H21ClFNO/c1-10(11-4-5-14(17)13(16)8-11)18-12-6-7-19-15(2,3)9-12/h4-5,8,10,12,18H,6-7,9H2,1-3H3. The predicted octanol–water partition coefficient (Wildman–Crippen LogP) is 4.09. The van der Waals surface area contributed by atoms with Gasteiger partial charge in [-0.15, -0.1) is 0 Å². The summed E-state index contributed by atoms with van der Waals surface area (Å²) in [7, 11) is 0. The average molecular weight is 286 g/mol. The van der Waals surface area contributed by atoms with Crippen LogP contribution in [0.15, 0.2) is 18.2 Å². The molecule has 0 aromatic heterocycles. The maximum Gasteiger partial charge on any atom is 0.141 e. The van der Waals surface area contributed by atoms with Crippen LogP contribution in [0.2, 0.25) is 5.02 Å². The Balaban J connectivity index is 2.00. The van der Waals surface area contributed by atoms with E-state index in [2.05, 4.69) is 26.1 Å². The van der Waals surface area contributed by atoms with E-state index in [-0.39, 0.29) is 22.5 Å². The topological polar surface area (TPSA) is 21.3 Å². The zero-order chi connectivity index (χ0) is 14.0. The summed E-state index contributed by atoms with van der Waals surface area (Å²) in [5.41, 5.74) is 0.937. The Hall–Kier alpha value is -0.640. The zero-order valence-electron chi connectivity index (χ0n) is 11.7. The van der Waals surface area contributed by atoms with E-state index in [4.69, 9.17) is 16.3 Å². The minimum atomic E-state index is -0.371. The SMILES string of the molecule is CC(NC1CCOC(C)(C)C1)c1ccc(F)c(Cl)c1. The van der Waals surface area contributed by atoms with Gasteiger partial charge in [0.15, 0.2) is 0 Å². The number of benzene rings is 1. The molecule has 106 valence electrons. The van der Waals surface area contributed by atoms with E-state index in [1.807, 2.05) is 0 Å². The Morgan fingerprint density at radius 1 is 1.47 bits per heavy atom. The highest BCUT2D eigenvalue weighted by atomic mass is 35.5. The van der Waals surface area contributed by atoms with Crippen LogP contribution in [-0.2, 0) is 4.74 Å². The maximum atomic E-state index is 13.2. The number of ether oxygens (including phenoxy) is 1. The fourth-order valence-electron chi connectivity index (χ4n) is 2.61. The van der Waals surface area contributed by atoms with Gasteiger partial charge in [0, 0.05) is 18.7 Å². The lowest BCUT2D eigenvalue weighted by Crippen LogP contribution is -2.44. The van der Waals surface area contributed by atoms with Crippen LogP contribution in [0.5, 0.6) is 0 Å². The number of nitrogens with one attached hydrogen (secondary N) is 1. The molecule has 1 fully saturated rings. The number of hydrogen-bond donors (Lipinski definition) is 1. The molecule has 1 aromatic rings. The van der Waals surface area contributed by atoms with Crippen LogP contribution >= 0.6 is 11.6 Å². The molecule has 1 aromatic carbocycles. The number of hydrogen-bond acceptors (Lipinski definition) is 2. The van der Waals surface area contributed by atoms with Gasteiger partial charge in [0.05, 0.1) is 10.6 Å². The third kappa shape index (κ3) is 3.91. The Morgan fingerprint density at radius 3 is 2.84 bits per heavy atom. The van der Waals surface area contributed by atoms with Crippen LogP contribution < -0.4 is 5.32 Å². The van der Waals surface area contributed by atoms with Crippen molar-refractivity contribution in [2.45, 2.75) is 51.3 Å². The smallest absolute Gasteiger partial charge is 0.141 e. The fourth-order valence-corrected chi connectivity index (χ4v) is 2.79. The average Bonchev–Trinajstić information content (AvgIpc) is 2.31. The summed E-state index contributed by atoms with van der Waals surface area (Å²) in [5, 5.41) is 3.76. The van der Waals surface area contributed by atoms with Crippen LogP contribution in [0.25, 0.3) is 0 Å². The lowest BCUT2D eigenvalue weighted by Gasteiger charge is -2.37. The summed E-state index contributed by atoms with van der Waals surface area (Å²) in [6.45, 7) is 7.08. The molecule has 2 rings (SSSR count). The van der Waals surface area contributed by atoms with Crippen LogP contribution in [-0.4, -0.2) is 18.2 Å². The second kappa shape index (κ2) is 5.78. The molecule has 0 amide bonds. The molecule has 0 bridgehead atoms. The summed E-state index contributed by atoms with van der Waals surface area (Å²) < 4.78 is 18.9. The first kappa shape index (κ1) is 14.8. The molecule has 2 atom stereocenters. The molecule has 1 saturated heterocycles. The van der Waals surface area contributed by atoms with Crippen molar-refractivity contribution in [3.8, 4) is 0 Å². The first-order valence-electron chi connectivity index (χ1n) is 6.72. The van der Waals surface area contributed by atoms with Gasteiger partial charge in [-0.3, -0.25) is 0 Å². The quantitative estimate of drug-likeness (QED) is 0.903. The van der Waals surface area contributed by atoms with Crippen molar-refractivity contribution in [3.05, 3.63) is 34.6 Å². The highest BCUT2D eigenvalue weighted by molar-refractivity contribution is 6.30. The molecule has 2 unspecified atom stereocenters. The normalized spacial score (nSPS) is 24.2. The van der Waals surface area contributed by atoms with Gasteiger partial charge >= 0.3 is 0 Å². The molecule has 1 aliphatic rings. The van der Waals surface area contributed by atoms with E-state index in [0.29, 0.717) is 6.04 Å². The van der Waals surface area contributed by atoms with Gasteiger partial charge in [-0.25, -0.2) is 4.39 Å². The second-order valence-electron chi connectivity index (χ2n) is 5.86. The Morgan fingerprint density at radius 2 is 2.21 bits per heavy atom. The molecule has 0 spiro atoms. The molecule has 0 radical (unpaired) electrons. The van der Waals surface area contributed by atoms with Crippen LogP contribution in [0.1, 0.15) is 45.2 Å².